The molecule has 6 heteroatoms. The highest BCUT2D eigenvalue weighted by atomic mass is 16.2. The van der Waals surface area contributed by atoms with Crippen LogP contribution in [0.25, 0.3) is 0 Å². The van der Waals surface area contributed by atoms with Gasteiger partial charge in [-0.1, -0.05) is 6.07 Å². The number of amides is 2. The summed E-state index contributed by atoms with van der Waals surface area (Å²) in [5.74, 6) is 1.28. The minimum atomic E-state index is -0.294. The molecular weight excluding hydrogens is 316 g/mol. The number of nitrogens with zero attached hydrogens (tertiary/aromatic N) is 3. The summed E-state index contributed by atoms with van der Waals surface area (Å²) in [4.78, 5) is 33.5. The minimum absolute atomic E-state index is 0.0445. The second kappa shape index (κ2) is 6.75. The summed E-state index contributed by atoms with van der Waals surface area (Å²) in [6.07, 6.45) is 5.94. The number of aromatic nitrogens is 1. The highest BCUT2D eigenvalue weighted by Gasteiger charge is 2.45. The van der Waals surface area contributed by atoms with Gasteiger partial charge in [-0.15, -0.1) is 0 Å². The number of carbonyl (C=O) groups excluding carboxylic acids is 2. The minimum Gasteiger partial charge on any atom is -0.342 e. The molecule has 4 atom stereocenters. The fraction of sp³-hybridized carbons (Fsp3) is 0.632. The number of rotatable bonds is 2. The normalized spacial score (nSPS) is 32.6. The van der Waals surface area contributed by atoms with Gasteiger partial charge in [0.25, 0.3) is 0 Å². The van der Waals surface area contributed by atoms with E-state index in [4.69, 9.17) is 0 Å². The van der Waals surface area contributed by atoms with Gasteiger partial charge in [-0.05, 0) is 49.4 Å². The molecule has 0 bridgehead atoms. The molecular formula is C19H26N4O2. The largest absolute Gasteiger partial charge is 0.342 e. The van der Waals surface area contributed by atoms with Crippen molar-refractivity contribution in [2.24, 2.45) is 17.8 Å². The smallest absolute Gasteiger partial charge is 0.228 e. The average Bonchev–Trinajstić information content (AvgIpc) is 3.14. The molecule has 134 valence electrons. The lowest BCUT2D eigenvalue weighted by Crippen LogP contribution is -2.39. The van der Waals surface area contributed by atoms with Crippen LogP contribution >= 0.6 is 0 Å². The molecule has 3 saturated heterocycles. The second-order valence-corrected chi connectivity index (χ2v) is 7.63. The lowest BCUT2D eigenvalue weighted by Gasteiger charge is -2.29. The molecule has 25 heavy (non-hydrogen) atoms. The zero-order valence-electron chi connectivity index (χ0n) is 14.7. The molecule has 0 radical (unpaired) electrons. The van der Waals surface area contributed by atoms with Crippen molar-refractivity contribution in [3.8, 4) is 0 Å². The zero-order valence-corrected chi connectivity index (χ0v) is 14.7. The van der Waals surface area contributed by atoms with E-state index in [0.29, 0.717) is 18.3 Å². The Kier molecular flexibility index (Phi) is 4.46. The fourth-order valence-corrected chi connectivity index (χ4v) is 4.77. The van der Waals surface area contributed by atoms with E-state index in [0.717, 1.165) is 44.6 Å². The molecule has 0 aromatic carbocycles. The molecule has 1 aromatic rings. The van der Waals surface area contributed by atoms with E-state index < -0.39 is 0 Å². The molecule has 6 nitrogen and oxygen atoms in total. The van der Waals surface area contributed by atoms with Crippen molar-refractivity contribution in [2.75, 3.05) is 33.2 Å². The maximum absolute atomic E-state index is 13.3. The molecule has 2 unspecified atom stereocenters. The van der Waals surface area contributed by atoms with Gasteiger partial charge in [0.1, 0.15) is 0 Å². The van der Waals surface area contributed by atoms with Crippen molar-refractivity contribution in [3.05, 3.63) is 30.1 Å². The van der Waals surface area contributed by atoms with Gasteiger partial charge >= 0.3 is 0 Å². The van der Waals surface area contributed by atoms with Crippen LogP contribution in [0.1, 0.15) is 30.9 Å². The average molecular weight is 342 g/mol. The van der Waals surface area contributed by atoms with Gasteiger partial charge in [0.15, 0.2) is 0 Å². The van der Waals surface area contributed by atoms with Crippen LogP contribution in [0.5, 0.6) is 0 Å². The summed E-state index contributed by atoms with van der Waals surface area (Å²) in [5.41, 5.74) is 0.949. The molecule has 2 amide bonds. The first kappa shape index (κ1) is 16.5. The van der Waals surface area contributed by atoms with Crippen LogP contribution in [0.2, 0.25) is 0 Å². The first-order valence-corrected chi connectivity index (χ1v) is 9.30. The Labute approximate surface area is 148 Å². The Morgan fingerprint density at radius 3 is 2.60 bits per heavy atom. The summed E-state index contributed by atoms with van der Waals surface area (Å²) < 4.78 is 0. The van der Waals surface area contributed by atoms with Crippen molar-refractivity contribution in [3.63, 3.8) is 0 Å². The molecule has 0 aliphatic carbocycles. The predicted molar refractivity (Wildman–Crippen MR) is 93.5 cm³/mol. The van der Waals surface area contributed by atoms with E-state index in [2.05, 4.69) is 10.3 Å². The first-order chi connectivity index (χ1) is 12.1. The van der Waals surface area contributed by atoms with Crippen molar-refractivity contribution < 1.29 is 9.59 Å². The van der Waals surface area contributed by atoms with E-state index >= 15 is 0 Å². The molecule has 1 aromatic heterocycles. The van der Waals surface area contributed by atoms with Gasteiger partial charge < -0.3 is 15.1 Å². The number of carbonyl (C=O) groups is 2. The van der Waals surface area contributed by atoms with E-state index in [1.807, 2.05) is 17.0 Å². The van der Waals surface area contributed by atoms with Gasteiger partial charge in [-0.2, -0.15) is 0 Å². The predicted octanol–water partition coefficient (Wildman–Crippen LogP) is 1.06. The third-order valence-corrected chi connectivity index (χ3v) is 6.26. The van der Waals surface area contributed by atoms with Crippen LogP contribution in [0.15, 0.2) is 24.5 Å². The lowest BCUT2D eigenvalue weighted by molar-refractivity contribution is -0.136. The molecule has 4 heterocycles. The van der Waals surface area contributed by atoms with Gasteiger partial charge in [0.05, 0.1) is 12.0 Å². The Hall–Kier alpha value is -1.95. The van der Waals surface area contributed by atoms with Gasteiger partial charge in [-0.3, -0.25) is 14.6 Å². The molecule has 1 N–H and O–H groups in total. The van der Waals surface area contributed by atoms with E-state index in [-0.39, 0.29) is 23.8 Å². The highest BCUT2D eigenvalue weighted by Crippen LogP contribution is 2.38. The molecule has 3 aliphatic rings. The van der Waals surface area contributed by atoms with Crippen LogP contribution in [0, 0.1) is 17.8 Å². The van der Waals surface area contributed by atoms with Crippen LogP contribution in [-0.4, -0.2) is 59.8 Å². The van der Waals surface area contributed by atoms with Crippen LogP contribution < -0.4 is 5.32 Å². The third-order valence-electron chi connectivity index (χ3n) is 6.26. The summed E-state index contributed by atoms with van der Waals surface area (Å²) >= 11 is 0. The maximum Gasteiger partial charge on any atom is 0.228 e. The van der Waals surface area contributed by atoms with Crippen LogP contribution in [0.3, 0.4) is 0 Å². The molecule has 0 saturated carbocycles. The summed E-state index contributed by atoms with van der Waals surface area (Å²) in [7, 11) is 1.80. The Bertz CT molecular complexity index is 636. The van der Waals surface area contributed by atoms with Crippen LogP contribution in [-0.2, 0) is 9.59 Å². The standard InChI is InChI=1S/C19H26N4O2/c1-22-17(24)9-16(18(22)15-3-2-6-20-12-15)19(25)23-7-4-13-10-21-11-14(13)5-8-23/h2-3,6,12-14,16,18,21H,4-5,7-11H2,1H3/t13-,14+,16?,18?. The quantitative estimate of drug-likeness (QED) is 0.873. The van der Waals surface area contributed by atoms with Crippen molar-refractivity contribution in [1.29, 1.82) is 0 Å². The SMILES string of the molecule is CN1C(=O)CC(C(=O)N2CC[C@@H]3CNC[C@@H]3CC2)C1c1cccnc1. The van der Waals surface area contributed by atoms with E-state index in [1.165, 1.54) is 0 Å². The van der Waals surface area contributed by atoms with E-state index in [1.54, 1.807) is 24.3 Å². The van der Waals surface area contributed by atoms with Crippen LogP contribution in [0.4, 0.5) is 0 Å². The summed E-state index contributed by atoms with van der Waals surface area (Å²) in [6.45, 7) is 3.79. The van der Waals surface area contributed by atoms with Gasteiger partial charge in [0.2, 0.25) is 11.8 Å². The highest BCUT2D eigenvalue weighted by molar-refractivity contribution is 5.90. The van der Waals surface area contributed by atoms with E-state index in [9.17, 15) is 9.59 Å². The van der Waals surface area contributed by atoms with Crippen molar-refractivity contribution in [2.45, 2.75) is 25.3 Å². The van der Waals surface area contributed by atoms with Gasteiger partial charge in [-0.25, -0.2) is 0 Å². The summed E-state index contributed by atoms with van der Waals surface area (Å²) in [6, 6.07) is 3.64. The summed E-state index contributed by atoms with van der Waals surface area (Å²) in [5, 5.41) is 3.47. The number of pyridine rings is 1. The zero-order chi connectivity index (χ0) is 17.4. The number of likely N-dealkylation sites (tertiary alicyclic amines) is 2. The molecule has 3 fully saturated rings. The Morgan fingerprint density at radius 1 is 1.24 bits per heavy atom. The number of hydrogen-bond donors (Lipinski definition) is 1. The Balaban J connectivity index is 1.53. The molecule has 4 rings (SSSR count). The number of hydrogen-bond acceptors (Lipinski definition) is 4. The second-order valence-electron chi connectivity index (χ2n) is 7.63. The van der Waals surface area contributed by atoms with Gasteiger partial charge in [0, 0.05) is 39.0 Å². The Morgan fingerprint density at radius 2 is 1.96 bits per heavy atom. The molecule has 3 aliphatic heterocycles. The van der Waals surface area contributed by atoms with Crippen molar-refractivity contribution >= 4 is 11.8 Å². The first-order valence-electron chi connectivity index (χ1n) is 9.30. The lowest BCUT2D eigenvalue weighted by atomic mass is 9.92. The number of nitrogens with one attached hydrogen (secondary N) is 1. The topological polar surface area (TPSA) is 65.5 Å². The maximum atomic E-state index is 13.3. The van der Waals surface area contributed by atoms with Crippen molar-refractivity contribution in [1.82, 2.24) is 20.1 Å². The third kappa shape index (κ3) is 3.03. The monoisotopic (exact) mass is 342 g/mol. The number of fused-ring (bicyclic) bond motifs is 1. The fourth-order valence-electron chi connectivity index (χ4n) is 4.77. The molecule has 0 spiro atoms.